The van der Waals surface area contributed by atoms with Crippen LogP contribution in [0.25, 0.3) is 0 Å². The van der Waals surface area contributed by atoms with E-state index in [-0.39, 0.29) is 5.54 Å². The average molecular weight is 234 g/mol. The summed E-state index contributed by atoms with van der Waals surface area (Å²) in [4.78, 5) is 4.09. The number of rotatable bonds is 6. The molecule has 0 unspecified atom stereocenters. The van der Waals surface area contributed by atoms with Crippen molar-refractivity contribution in [1.29, 1.82) is 0 Å². The zero-order valence-electron chi connectivity index (χ0n) is 11.0. The van der Waals surface area contributed by atoms with Crippen LogP contribution in [0.15, 0.2) is 31.1 Å². The number of nitrogens with zero attached hydrogens (tertiary/aromatic N) is 1. The van der Waals surface area contributed by atoms with Crippen molar-refractivity contribution in [3.8, 4) is 5.75 Å². The summed E-state index contributed by atoms with van der Waals surface area (Å²) in [5, 5.41) is 3.44. The first-order chi connectivity index (χ1) is 8.03. The van der Waals surface area contributed by atoms with Crippen LogP contribution in [0.1, 0.15) is 32.8 Å². The number of hydrogen-bond acceptors (Lipinski definition) is 3. The fourth-order valence-corrected chi connectivity index (χ4v) is 1.30. The second-order valence-electron chi connectivity index (χ2n) is 5.01. The van der Waals surface area contributed by atoms with Crippen molar-refractivity contribution in [2.24, 2.45) is 0 Å². The van der Waals surface area contributed by atoms with E-state index in [0.717, 1.165) is 24.3 Å². The summed E-state index contributed by atoms with van der Waals surface area (Å²) in [6, 6.07) is 1.99. The first-order valence-corrected chi connectivity index (χ1v) is 5.94. The first kappa shape index (κ1) is 13.7. The minimum Gasteiger partial charge on any atom is -0.491 e. The third-order valence-corrected chi connectivity index (χ3v) is 2.26. The lowest BCUT2D eigenvalue weighted by Gasteiger charge is -2.21. The monoisotopic (exact) mass is 234 g/mol. The normalized spacial score (nSPS) is 11.2. The Morgan fingerprint density at radius 1 is 1.47 bits per heavy atom. The van der Waals surface area contributed by atoms with Gasteiger partial charge in [-0.3, -0.25) is 4.98 Å². The van der Waals surface area contributed by atoms with Gasteiger partial charge < -0.3 is 10.1 Å². The molecule has 0 aliphatic rings. The van der Waals surface area contributed by atoms with E-state index < -0.39 is 0 Å². The number of nitrogens with one attached hydrogen (secondary N) is 1. The van der Waals surface area contributed by atoms with Crippen molar-refractivity contribution in [3.63, 3.8) is 0 Å². The number of hydrogen-bond donors (Lipinski definition) is 1. The topological polar surface area (TPSA) is 34.1 Å². The molecule has 3 nitrogen and oxygen atoms in total. The molecule has 0 aromatic carbocycles. The molecule has 0 spiro atoms. The van der Waals surface area contributed by atoms with Gasteiger partial charge in [0, 0.05) is 23.8 Å². The highest BCUT2D eigenvalue weighted by molar-refractivity contribution is 5.29. The predicted octanol–water partition coefficient (Wildman–Crippen LogP) is 2.92. The van der Waals surface area contributed by atoms with Gasteiger partial charge in [-0.15, -0.1) is 6.58 Å². The van der Waals surface area contributed by atoms with Gasteiger partial charge >= 0.3 is 0 Å². The summed E-state index contributed by atoms with van der Waals surface area (Å²) < 4.78 is 5.67. The Morgan fingerprint density at radius 3 is 2.88 bits per heavy atom. The molecule has 0 aliphatic carbocycles. The first-order valence-electron chi connectivity index (χ1n) is 5.94. The van der Waals surface area contributed by atoms with Crippen LogP contribution in [0.3, 0.4) is 0 Å². The Bertz CT molecular complexity index is 355. The molecule has 0 saturated carbocycles. The van der Waals surface area contributed by atoms with Crippen LogP contribution in [0, 0.1) is 0 Å². The Morgan fingerprint density at radius 2 is 2.24 bits per heavy atom. The van der Waals surface area contributed by atoms with Gasteiger partial charge in [-0.25, -0.2) is 0 Å². The van der Waals surface area contributed by atoms with Gasteiger partial charge in [0.2, 0.25) is 0 Å². The molecule has 1 N–H and O–H groups in total. The molecule has 1 heterocycles. The molecule has 17 heavy (non-hydrogen) atoms. The summed E-state index contributed by atoms with van der Waals surface area (Å²) >= 11 is 0. The largest absolute Gasteiger partial charge is 0.491 e. The third-order valence-electron chi connectivity index (χ3n) is 2.26. The van der Waals surface area contributed by atoms with E-state index in [9.17, 15) is 0 Å². The lowest BCUT2D eigenvalue weighted by molar-refractivity contribution is 0.317. The second kappa shape index (κ2) is 6.40. The average Bonchev–Trinajstić information content (AvgIpc) is 2.27. The van der Waals surface area contributed by atoms with Gasteiger partial charge in [-0.2, -0.15) is 0 Å². The molecule has 0 radical (unpaired) electrons. The van der Waals surface area contributed by atoms with E-state index in [1.165, 1.54) is 0 Å². The summed E-state index contributed by atoms with van der Waals surface area (Å²) in [7, 11) is 0. The lowest BCUT2D eigenvalue weighted by atomic mass is 10.1. The van der Waals surface area contributed by atoms with Crippen molar-refractivity contribution >= 4 is 0 Å². The zero-order chi connectivity index (χ0) is 12.7. The molecule has 0 atom stereocenters. The molecule has 1 rings (SSSR count). The molecule has 94 valence electrons. The van der Waals surface area contributed by atoms with Crippen LogP contribution in [0.4, 0.5) is 0 Å². The highest BCUT2D eigenvalue weighted by Crippen LogP contribution is 2.17. The summed E-state index contributed by atoms with van der Waals surface area (Å²) in [6.07, 6.45) is 6.26. The van der Waals surface area contributed by atoms with E-state index in [4.69, 9.17) is 4.74 Å². The molecular formula is C14H22N2O. The Kier molecular flexibility index (Phi) is 5.16. The van der Waals surface area contributed by atoms with E-state index in [1.54, 1.807) is 12.4 Å². The zero-order valence-corrected chi connectivity index (χ0v) is 11.0. The summed E-state index contributed by atoms with van der Waals surface area (Å²) in [5.41, 5.74) is 1.24. The van der Waals surface area contributed by atoms with E-state index in [2.05, 4.69) is 37.7 Å². The van der Waals surface area contributed by atoms with Crippen LogP contribution in [-0.4, -0.2) is 17.1 Å². The van der Waals surface area contributed by atoms with Crippen molar-refractivity contribution in [2.75, 3.05) is 6.61 Å². The number of aromatic nitrogens is 1. The van der Waals surface area contributed by atoms with Gasteiger partial charge in [-0.05, 0) is 33.3 Å². The Hall–Kier alpha value is -1.35. The quantitative estimate of drug-likeness (QED) is 0.607. The molecule has 0 bridgehead atoms. The molecule has 0 aliphatic heterocycles. The molecule has 1 aromatic heterocycles. The number of pyridine rings is 1. The maximum Gasteiger partial charge on any atom is 0.142 e. The van der Waals surface area contributed by atoms with Crippen molar-refractivity contribution in [3.05, 3.63) is 36.7 Å². The van der Waals surface area contributed by atoms with Crippen LogP contribution in [0.2, 0.25) is 0 Å². The molecule has 0 fully saturated rings. The molecule has 0 amide bonds. The minimum atomic E-state index is 0.0989. The van der Waals surface area contributed by atoms with Gasteiger partial charge in [0.25, 0.3) is 0 Å². The lowest BCUT2D eigenvalue weighted by Crippen LogP contribution is -2.35. The van der Waals surface area contributed by atoms with Gasteiger partial charge in [0.15, 0.2) is 0 Å². The smallest absolute Gasteiger partial charge is 0.142 e. The molecular weight excluding hydrogens is 212 g/mol. The standard InChI is InChI=1S/C14H22N2O/c1-5-6-9-17-13-11-15-8-7-12(13)10-16-14(2,3)4/h5,7-8,11,16H,1,6,9-10H2,2-4H3. The van der Waals surface area contributed by atoms with Crippen LogP contribution in [-0.2, 0) is 6.54 Å². The molecule has 1 aromatic rings. The minimum absolute atomic E-state index is 0.0989. The highest BCUT2D eigenvalue weighted by atomic mass is 16.5. The Balaban J connectivity index is 2.60. The summed E-state index contributed by atoms with van der Waals surface area (Å²) in [5.74, 6) is 0.853. The second-order valence-corrected chi connectivity index (χ2v) is 5.01. The SMILES string of the molecule is C=CCCOc1cnccc1CNC(C)(C)C. The Labute approximate surface area is 104 Å². The molecule has 3 heteroatoms. The van der Waals surface area contributed by atoms with Crippen LogP contribution >= 0.6 is 0 Å². The van der Waals surface area contributed by atoms with E-state index >= 15 is 0 Å². The fourth-order valence-electron chi connectivity index (χ4n) is 1.30. The van der Waals surface area contributed by atoms with Crippen molar-refractivity contribution in [1.82, 2.24) is 10.3 Å². The van der Waals surface area contributed by atoms with Crippen LogP contribution in [0.5, 0.6) is 5.75 Å². The predicted molar refractivity (Wildman–Crippen MR) is 71.1 cm³/mol. The maximum atomic E-state index is 5.67. The van der Waals surface area contributed by atoms with Gasteiger partial charge in [0.05, 0.1) is 12.8 Å². The van der Waals surface area contributed by atoms with Crippen molar-refractivity contribution in [2.45, 2.75) is 39.3 Å². The highest BCUT2D eigenvalue weighted by Gasteiger charge is 2.10. The summed E-state index contributed by atoms with van der Waals surface area (Å²) in [6.45, 7) is 11.5. The van der Waals surface area contributed by atoms with Crippen LogP contribution < -0.4 is 10.1 Å². The van der Waals surface area contributed by atoms with E-state index in [0.29, 0.717) is 6.61 Å². The fraction of sp³-hybridized carbons (Fsp3) is 0.500. The molecule has 0 saturated heterocycles. The number of ether oxygens (including phenoxy) is 1. The third kappa shape index (κ3) is 5.50. The van der Waals surface area contributed by atoms with E-state index in [1.807, 2.05) is 12.1 Å². The van der Waals surface area contributed by atoms with Gasteiger partial charge in [0.1, 0.15) is 5.75 Å². The van der Waals surface area contributed by atoms with Gasteiger partial charge in [-0.1, -0.05) is 6.08 Å². The van der Waals surface area contributed by atoms with Crippen molar-refractivity contribution < 1.29 is 4.74 Å². The maximum absolute atomic E-state index is 5.67.